The van der Waals surface area contributed by atoms with Crippen LogP contribution in [-0.2, 0) is 14.3 Å². The van der Waals surface area contributed by atoms with Gasteiger partial charge in [0.2, 0.25) is 5.91 Å². The molecular formula is C66H131NO5. The van der Waals surface area contributed by atoms with Crippen molar-refractivity contribution in [2.75, 3.05) is 13.2 Å². The highest BCUT2D eigenvalue weighted by Crippen LogP contribution is 2.19. The Balaban J connectivity index is 3.30. The lowest BCUT2D eigenvalue weighted by atomic mass is 10.0. The molecule has 0 saturated heterocycles. The fraction of sp³-hybridized carbons (Fsp3) is 0.970. The molecule has 0 aliphatic heterocycles. The molecule has 0 heterocycles. The average Bonchev–Trinajstić information content (AvgIpc) is 3.38. The van der Waals surface area contributed by atoms with Gasteiger partial charge < -0.3 is 20.3 Å². The standard InChI is InChI=1S/C66H131NO5/c1-3-5-7-9-11-13-15-35-40-44-48-52-56-60-66(71)72-61-57-53-49-45-41-37-34-32-30-28-26-24-22-20-18-17-19-21-23-25-27-29-31-33-36-39-43-47-51-55-59-65(70)67-63(62-68)64(69)58-54-50-46-42-38-16-14-12-10-8-6-4-2/h63-64,68-69H,3-62H2,1-2H3,(H,67,70). The highest BCUT2D eigenvalue weighted by Gasteiger charge is 2.20. The van der Waals surface area contributed by atoms with Crippen molar-refractivity contribution in [2.45, 2.75) is 398 Å². The summed E-state index contributed by atoms with van der Waals surface area (Å²) in [6, 6.07) is -0.536. The topological polar surface area (TPSA) is 95.9 Å². The molecule has 0 aliphatic rings. The molecule has 430 valence electrons. The number of carbonyl (C=O) groups is 2. The summed E-state index contributed by atoms with van der Waals surface area (Å²) in [5, 5.41) is 23.2. The number of esters is 1. The van der Waals surface area contributed by atoms with Crippen LogP contribution in [0.1, 0.15) is 386 Å². The zero-order valence-electron chi connectivity index (χ0n) is 49.2. The van der Waals surface area contributed by atoms with Crippen LogP contribution in [0.2, 0.25) is 0 Å². The van der Waals surface area contributed by atoms with Gasteiger partial charge in [-0.3, -0.25) is 9.59 Å². The van der Waals surface area contributed by atoms with Gasteiger partial charge in [-0.1, -0.05) is 348 Å². The molecule has 2 unspecified atom stereocenters. The minimum Gasteiger partial charge on any atom is -0.466 e. The third kappa shape index (κ3) is 58.1. The summed E-state index contributed by atoms with van der Waals surface area (Å²) >= 11 is 0. The van der Waals surface area contributed by atoms with Gasteiger partial charge in [0.15, 0.2) is 0 Å². The van der Waals surface area contributed by atoms with Gasteiger partial charge in [-0.15, -0.1) is 0 Å². The van der Waals surface area contributed by atoms with Crippen molar-refractivity contribution in [3.63, 3.8) is 0 Å². The van der Waals surface area contributed by atoms with Gasteiger partial charge in [-0.25, -0.2) is 0 Å². The van der Waals surface area contributed by atoms with Gasteiger partial charge in [-0.05, 0) is 25.7 Å². The van der Waals surface area contributed by atoms with Gasteiger partial charge in [-0.2, -0.15) is 0 Å². The molecule has 1 amide bonds. The SMILES string of the molecule is CCCCCCCCCCCCCCCC(=O)OCCCCCCCCCCCCCCCCCCCCCCCCCCCCCCCCC(=O)NC(CO)C(O)CCCCCCCCCCCCCC. The first kappa shape index (κ1) is 70.9. The number of amides is 1. The van der Waals surface area contributed by atoms with Crippen LogP contribution in [0.25, 0.3) is 0 Å². The minimum atomic E-state index is -0.659. The average molecular weight is 1020 g/mol. The minimum absolute atomic E-state index is 0.0225. The molecule has 0 radical (unpaired) electrons. The highest BCUT2D eigenvalue weighted by molar-refractivity contribution is 5.76. The number of nitrogens with one attached hydrogen (secondary N) is 1. The van der Waals surface area contributed by atoms with E-state index in [1.165, 1.54) is 315 Å². The number of carbonyl (C=O) groups excluding carboxylic acids is 2. The van der Waals surface area contributed by atoms with E-state index in [0.717, 1.165) is 38.5 Å². The summed E-state index contributed by atoms with van der Waals surface area (Å²) in [5.74, 6) is -0.00650. The Hall–Kier alpha value is -1.14. The number of hydrogen-bond donors (Lipinski definition) is 3. The van der Waals surface area contributed by atoms with Crippen LogP contribution in [0, 0.1) is 0 Å². The van der Waals surface area contributed by atoms with Crippen molar-refractivity contribution in [1.82, 2.24) is 5.32 Å². The smallest absolute Gasteiger partial charge is 0.305 e. The Morgan fingerprint density at radius 1 is 0.333 bits per heavy atom. The Morgan fingerprint density at radius 3 is 0.847 bits per heavy atom. The number of hydrogen-bond acceptors (Lipinski definition) is 5. The predicted octanol–water partition coefficient (Wildman–Crippen LogP) is 21.0. The lowest BCUT2D eigenvalue weighted by Gasteiger charge is -2.22. The Morgan fingerprint density at radius 2 is 0.569 bits per heavy atom. The predicted molar refractivity (Wildman–Crippen MR) is 315 cm³/mol. The second-order valence-electron chi connectivity index (χ2n) is 23.2. The van der Waals surface area contributed by atoms with Crippen LogP contribution in [0.5, 0.6) is 0 Å². The van der Waals surface area contributed by atoms with Crippen molar-refractivity contribution < 1.29 is 24.5 Å². The molecule has 0 rings (SSSR count). The fourth-order valence-electron chi connectivity index (χ4n) is 10.8. The largest absolute Gasteiger partial charge is 0.466 e. The quantitative estimate of drug-likeness (QED) is 0.0417. The molecule has 3 N–H and O–H groups in total. The van der Waals surface area contributed by atoms with Crippen molar-refractivity contribution >= 4 is 11.9 Å². The second-order valence-corrected chi connectivity index (χ2v) is 23.2. The van der Waals surface area contributed by atoms with E-state index in [9.17, 15) is 19.8 Å². The van der Waals surface area contributed by atoms with Crippen LogP contribution >= 0.6 is 0 Å². The molecule has 0 aliphatic carbocycles. The molecule has 0 spiro atoms. The van der Waals surface area contributed by atoms with Crippen LogP contribution in [0.15, 0.2) is 0 Å². The monoisotopic (exact) mass is 1020 g/mol. The summed E-state index contributed by atoms with van der Waals surface area (Å²) in [6.07, 6.45) is 74.3. The van der Waals surface area contributed by atoms with Gasteiger partial charge in [0, 0.05) is 12.8 Å². The summed E-state index contributed by atoms with van der Waals surface area (Å²) in [6.45, 7) is 4.98. The number of aliphatic hydroxyl groups excluding tert-OH is 2. The van der Waals surface area contributed by atoms with Gasteiger partial charge >= 0.3 is 5.97 Å². The maximum atomic E-state index is 12.5. The third-order valence-electron chi connectivity index (χ3n) is 15.9. The lowest BCUT2D eigenvalue weighted by molar-refractivity contribution is -0.143. The zero-order chi connectivity index (χ0) is 52.2. The van der Waals surface area contributed by atoms with Crippen LogP contribution < -0.4 is 5.32 Å². The van der Waals surface area contributed by atoms with E-state index in [1.54, 1.807) is 0 Å². The zero-order valence-corrected chi connectivity index (χ0v) is 49.2. The van der Waals surface area contributed by atoms with Crippen LogP contribution in [0.3, 0.4) is 0 Å². The summed E-state index contributed by atoms with van der Waals surface area (Å²) in [7, 11) is 0. The van der Waals surface area contributed by atoms with Crippen molar-refractivity contribution in [3.8, 4) is 0 Å². The molecule has 0 aromatic heterocycles. The molecule has 0 aromatic carbocycles. The van der Waals surface area contributed by atoms with E-state index in [4.69, 9.17) is 4.74 Å². The van der Waals surface area contributed by atoms with Crippen LogP contribution in [0.4, 0.5) is 0 Å². The maximum absolute atomic E-state index is 12.5. The number of aliphatic hydroxyl groups is 2. The Bertz CT molecular complexity index is 1040. The van der Waals surface area contributed by atoms with Crippen molar-refractivity contribution in [3.05, 3.63) is 0 Å². The van der Waals surface area contributed by atoms with E-state index in [0.29, 0.717) is 25.9 Å². The molecule has 2 atom stereocenters. The van der Waals surface area contributed by atoms with Gasteiger partial charge in [0.25, 0.3) is 0 Å². The lowest BCUT2D eigenvalue weighted by Crippen LogP contribution is -2.45. The molecule has 6 heteroatoms. The summed E-state index contributed by atoms with van der Waals surface area (Å²) in [4.78, 5) is 24.5. The first-order valence-electron chi connectivity index (χ1n) is 33.3. The number of rotatable bonds is 63. The maximum Gasteiger partial charge on any atom is 0.305 e. The number of unbranched alkanes of at least 4 members (excludes halogenated alkanes) is 52. The first-order chi connectivity index (χ1) is 35.5. The second kappa shape index (κ2) is 62.4. The van der Waals surface area contributed by atoms with E-state index in [2.05, 4.69) is 19.2 Å². The third-order valence-corrected chi connectivity index (χ3v) is 15.9. The Labute approximate surface area is 451 Å². The highest BCUT2D eigenvalue weighted by atomic mass is 16.5. The van der Waals surface area contributed by atoms with Gasteiger partial charge in [0.1, 0.15) is 0 Å². The Kier molecular flexibility index (Phi) is 61.4. The van der Waals surface area contributed by atoms with E-state index < -0.39 is 12.1 Å². The van der Waals surface area contributed by atoms with Crippen LogP contribution in [-0.4, -0.2) is 47.4 Å². The normalized spacial score (nSPS) is 12.4. The molecule has 6 nitrogen and oxygen atoms in total. The number of ether oxygens (including phenoxy) is 1. The fourth-order valence-corrected chi connectivity index (χ4v) is 10.8. The molecule has 72 heavy (non-hydrogen) atoms. The molecule has 0 bridgehead atoms. The summed E-state index contributed by atoms with van der Waals surface area (Å²) in [5.41, 5.74) is 0. The van der Waals surface area contributed by atoms with E-state index in [-0.39, 0.29) is 18.5 Å². The molecule has 0 fully saturated rings. The van der Waals surface area contributed by atoms with E-state index >= 15 is 0 Å². The molecule has 0 saturated carbocycles. The van der Waals surface area contributed by atoms with E-state index in [1.807, 2.05) is 0 Å². The summed E-state index contributed by atoms with van der Waals surface area (Å²) < 4.78 is 5.49. The molecular weight excluding hydrogens is 887 g/mol. The van der Waals surface area contributed by atoms with Crippen molar-refractivity contribution in [1.29, 1.82) is 0 Å². The van der Waals surface area contributed by atoms with Crippen molar-refractivity contribution in [2.24, 2.45) is 0 Å². The van der Waals surface area contributed by atoms with Gasteiger partial charge in [0.05, 0.1) is 25.4 Å². The molecule has 0 aromatic rings. The first-order valence-corrected chi connectivity index (χ1v) is 33.3.